The largest absolute Gasteiger partial charge is 0.494 e. The van der Waals surface area contributed by atoms with Gasteiger partial charge in [-0.3, -0.25) is 14.9 Å². The summed E-state index contributed by atoms with van der Waals surface area (Å²) in [7, 11) is 1.28. The van der Waals surface area contributed by atoms with Crippen molar-refractivity contribution in [2.24, 2.45) is 5.92 Å². The molecular formula is C12H13FN2O5. The maximum atomic E-state index is 13.5. The van der Waals surface area contributed by atoms with Gasteiger partial charge in [0.1, 0.15) is 5.69 Å². The lowest BCUT2D eigenvalue weighted by Crippen LogP contribution is -2.47. The van der Waals surface area contributed by atoms with E-state index in [2.05, 4.69) is 0 Å². The molecule has 108 valence electrons. The fraction of sp³-hybridized carbons (Fsp3) is 0.417. The van der Waals surface area contributed by atoms with E-state index in [1.165, 1.54) is 13.2 Å². The first-order valence-electron chi connectivity index (χ1n) is 5.91. The number of ether oxygens (including phenoxy) is 1. The van der Waals surface area contributed by atoms with Crippen molar-refractivity contribution in [2.75, 3.05) is 25.1 Å². The molecule has 0 amide bonds. The summed E-state index contributed by atoms with van der Waals surface area (Å²) in [6.45, 7) is 0.782. The first-order valence-corrected chi connectivity index (χ1v) is 5.91. The predicted octanol–water partition coefficient (Wildman–Crippen LogP) is 1.65. The number of methoxy groups -OCH3 is 1. The Hall–Kier alpha value is -2.38. The molecule has 0 aromatic heterocycles. The normalized spacial score (nSPS) is 14.8. The Morgan fingerprint density at radius 2 is 2.25 bits per heavy atom. The van der Waals surface area contributed by atoms with Crippen molar-refractivity contribution in [3.8, 4) is 5.75 Å². The van der Waals surface area contributed by atoms with Crippen molar-refractivity contribution in [1.82, 2.24) is 0 Å². The van der Waals surface area contributed by atoms with E-state index in [9.17, 15) is 19.3 Å². The lowest BCUT2D eigenvalue weighted by atomic mass is 9.95. The minimum absolute atomic E-state index is 0.0165. The van der Waals surface area contributed by atoms with Crippen LogP contribution >= 0.6 is 0 Å². The van der Waals surface area contributed by atoms with Crippen molar-refractivity contribution < 1.29 is 24.0 Å². The maximum absolute atomic E-state index is 13.5. The van der Waals surface area contributed by atoms with Gasteiger partial charge in [0.2, 0.25) is 0 Å². The number of anilines is 1. The van der Waals surface area contributed by atoms with Gasteiger partial charge in [-0.1, -0.05) is 0 Å². The molecule has 2 rings (SSSR count). The molecule has 1 aliphatic heterocycles. The van der Waals surface area contributed by atoms with Crippen LogP contribution in [0.5, 0.6) is 5.75 Å². The number of carbonyl (C=O) groups is 1. The Morgan fingerprint density at radius 3 is 2.75 bits per heavy atom. The number of nitro benzene ring substituents is 1. The van der Waals surface area contributed by atoms with E-state index < -0.39 is 16.7 Å². The summed E-state index contributed by atoms with van der Waals surface area (Å²) in [5, 5.41) is 19.6. The number of carboxylic acids is 1. The van der Waals surface area contributed by atoms with Crippen LogP contribution in [0.3, 0.4) is 0 Å². The maximum Gasteiger partial charge on any atom is 0.303 e. The molecule has 0 radical (unpaired) electrons. The number of nitrogens with zero attached hydrogens (tertiary/aromatic N) is 2. The molecule has 0 bridgehead atoms. The van der Waals surface area contributed by atoms with Crippen molar-refractivity contribution in [1.29, 1.82) is 0 Å². The van der Waals surface area contributed by atoms with Crippen LogP contribution in [0.25, 0.3) is 0 Å². The van der Waals surface area contributed by atoms with E-state index in [1.54, 1.807) is 4.90 Å². The van der Waals surface area contributed by atoms with E-state index >= 15 is 0 Å². The molecule has 0 unspecified atom stereocenters. The molecular weight excluding hydrogens is 271 g/mol. The Morgan fingerprint density at radius 1 is 1.60 bits per heavy atom. The number of hydrogen-bond acceptors (Lipinski definition) is 5. The number of benzene rings is 1. The smallest absolute Gasteiger partial charge is 0.303 e. The lowest BCUT2D eigenvalue weighted by molar-refractivity contribution is -0.384. The fourth-order valence-corrected chi connectivity index (χ4v) is 2.23. The molecule has 1 aromatic carbocycles. The third kappa shape index (κ3) is 2.63. The summed E-state index contributed by atoms with van der Waals surface area (Å²) in [4.78, 5) is 22.5. The zero-order valence-electron chi connectivity index (χ0n) is 10.7. The molecule has 0 spiro atoms. The zero-order chi connectivity index (χ0) is 14.9. The lowest BCUT2D eigenvalue weighted by Gasteiger charge is -2.40. The summed E-state index contributed by atoms with van der Waals surface area (Å²) in [6.07, 6.45) is 0.0165. The van der Waals surface area contributed by atoms with Gasteiger partial charge in [0, 0.05) is 25.1 Å². The molecule has 0 atom stereocenters. The molecule has 8 heteroatoms. The first kappa shape index (κ1) is 14.0. The van der Waals surface area contributed by atoms with Gasteiger partial charge < -0.3 is 14.7 Å². The molecule has 20 heavy (non-hydrogen) atoms. The molecule has 1 saturated heterocycles. The summed E-state index contributed by atoms with van der Waals surface area (Å²) < 4.78 is 18.3. The van der Waals surface area contributed by atoms with Gasteiger partial charge in [-0.2, -0.15) is 0 Å². The highest BCUT2D eigenvalue weighted by Gasteiger charge is 2.33. The second kappa shape index (κ2) is 5.32. The first-order chi connectivity index (χ1) is 9.42. The van der Waals surface area contributed by atoms with E-state index in [0.29, 0.717) is 13.1 Å². The van der Waals surface area contributed by atoms with E-state index in [1.807, 2.05) is 0 Å². The average molecular weight is 284 g/mol. The predicted molar refractivity (Wildman–Crippen MR) is 67.6 cm³/mol. The molecule has 0 aliphatic carbocycles. The van der Waals surface area contributed by atoms with Crippen LogP contribution in [-0.2, 0) is 4.79 Å². The summed E-state index contributed by atoms with van der Waals surface area (Å²) in [6, 6.07) is 2.09. The molecule has 0 saturated carbocycles. The standard InChI is InChI=1S/C12H13FN2O5/c1-20-11-4-9(10(15(18)19)3-8(11)13)14-5-7(6-14)2-12(16)17/h3-4,7H,2,5-6H2,1H3,(H,16,17). The van der Waals surface area contributed by atoms with Gasteiger partial charge in [0.05, 0.1) is 24.5 Å². The number of halogens is 1. The van der Waals surface area contributed by atoms with Crippen LogP contribution in [0, 0.1) is 21.8 Å². The highest BCUT2D eigenvalue weighted by molar-refractivity contribution is 5.70. The highest BCUT2D eigenvalue weighted by Crippen LogP contribution is 2.38. The van der Waals surface area contributed by atoms with Gasteiger partial charge in [-0.25, -0.2) is 4.39 Å². The van der Waals surface area contributed by atoms with Gasteiger partial charge in [0.25, 0.3) is 5.69 Å². The van der Waals surface area contributed by atoms with Gasteiger partial charge in [-0.05, 0) is 0 Å². The minimum atomic E-state index is -0.902. The fourth-order valence-electron chi connectivity index (χ4n) is 2.23. The Kier molecular flexibility index (Phi) is 3.73. The van der Waals surface area contributed by atoms with Crippen LogP contribution < -0.4 is 9.64 Å². The van der Waals surface area contributed by atoms with Crippen LogP contribution in [0.15, 0.2) is 12.1 Å². The summed E-state index contributed by atoms with van der Waals surface area (Å²) >= 11 is 0. The second-order valence-electron chi connectivity index (χ2n) is 4.60. The second-order valence-corrected chi connectivity index (χ2v) is 4.60. The molecule has 1 heterocycles. The van der Waals surface area contributed by atoms with Crippen molar-refractivity contribution in [3.63, 3.8) is 0 Å². The molecule has 1 N–H and O–H groups in total. The van der Waals surface area contributed by atoms with Crippen LogP contribution in [-0.4, -0.2) is 36.2 Å². The van der Waals surface area contributed by atoms with Crippen LogP contribution in [0.2, 0.25) is 0 Å². The number of nitro groups is 1. The van der Waals surface area contributed by atoms with Gasteiger partial charge in [-0.15, -0.1) is 0 Å². The Bertz CT molecular complexity index is 557. The van der Waals surface area contributed by atoms with E-state index in [-0.39, 0.29) is 29.5 Å². The molecule has 7 nitrogen and oxygen atoms in total. The SMILES string of the molecule is COc1cc(N2CC(CC(=O)O)C2)c([N+](=O)[O-])cc1F. The zero-order valence-corrected chi connectivity index (χ0v) is 10.7. The average Bonchev–Trinajstić information content (AvgIpc) is 2.33. The number of carboxylic acid groups (broad SMARTS) is 1. The van der Waals surface area contributed by atoms with Crippen molar-refractivity contribution in [2.45, 2.75) is 6.42 Å². The monoisotopic (exact) mass is 284 g/mol. The molecule has 1 fully saturated rings. The topological polar surface area (TPSA) is 92.9 Å². The quantitative estimate of drug-likeness (QED) is 0.652. The third-order valence-electron chi connectivity index (χ3n) is 3.21. The van der Waals surface area contributed by atoms with Gasteiger partial charge >= 0.3 is 5.97 Å². The summed E-state index contributed by atoms with van der Waals surface area (Å²) in [5.74, 6) is -1.83. The highest BCUT2D eigenvalue weighted by atomic mass is 19.1. The Labute approximate surface area is 113 Å². The summed E-state index contributed by atoms with van der Waals surface area (Å²) in [5.41, 5.74) is -0.105. The Balaban J connectivity index is 2.23. The van der Waals surface area contributed by atoms with Gasteiger partial charge in [0.15, 0.2) is 11.6 Å². The third-order valence-corrected chi connectivity index (χ3v) is 3.21. The van der Waals surface area contributed by atoms with Crippen LogP contribution in [0.4, 0.5) is 15.8 Å². The van der Waals surface area contributed by atoms with Crippen molar-refractivity contribution >= 4 is 17.3 Å². The molecule has 1 aliphatic rings. The van der Waals surface area contributed by atoms with Crippen LogP contribution in [0.1, 0.15) is 6.42 Å². The van der Waals surface area contributed by atoms with E-state index in [0.717, 1.165) is 6.07 Å². The number of hydrogen-bond donors (Lipinski definition) is 1. The van der Waals surface area contributed by atoms with E-state index in [4.69, 9.17) is 9.84 Å². The number of aliphatic carboxylic acids is 1. The van der Waals surface area contributed by atoms with Crippen molar-refractivity contribution in [3.05, 3.63) is 28.1 Å². The minimum Gasteiger partial charge on any atom is -0.494 e. The number of rotatable bonds is 5. The molecule has 1 aromatic rings.